The molecular weight excluding hydrogens is 298 g/mol. The zero-order valence-corrected chi connectivity index (χ0v) is 12.1. The Kier molecular flexibility index (Phi) is 4.52. The molecular formula is C14H12F2N2O2S. The highest BCUT2D eigenvalue weighted by Crippen LogP contribution is 2.32. The van der Waals surface area contributed by atoms with Gasteiger partial charge in [-0.05, 0) is 12.1 Å². The fraction of sp³-hybridized carbons (Fsp3) is 0.214. The summed E-state index contributed by atoms with van der Waals surface area (Å²) in [6.07, 6.45) is 1.35. The first-order valence-corrected chi connectivity index (χ1v) is 6.93. The van der Waals surface area contributed by atoms with Gasteiger partial charge in [0.05, 0.1) is 4.90 Å². The van der Waals surface area contributed by atoms with Crippen LogP contribution < -0.4 is 0 Å². The van der Waals surface area contributed by atoms with Gasteiger partial charge in [-0.2, -0.15) is 0 Å². The summed E-state index contributed by atoms with van der Waals surface area (Å²) in [5.41, 5.74) is -0.192. The van der Waals surface area contributed by atoms with Crippen LogP contribution in [0.5, 0.6) is 0 Å². The molecule has 0 radical (unpaired) electrons. The molecule has 0 amide bonds. The standard InChI is InChI=1S/C14H12F2N2O2S/c1-7(2)13-17-6-11(12(18-13)14(19)20)21-10-4-3-8(15)5-9(10)16/h3-7H,1-2H3,(H,19,20). The Morgan fingerprint density at radius 2 is 2.00 bits per heavy atom. The van der Waals surface area contributed by atoms with Crippen molar-refractivity contribution < 1.29 is 18.7 Å². The molecule has 1 aromatic heterocycles. The number of aromatic nitrogens is 2. The molecule has 7 heteroatoms. The van der Waals surface area contributed by atoms with Gasteiger partial charge in [0, 0.05) is 23.1 Å². The minimum absolute atomic E-state index is 0.0234. The summed E-state index contributed by atoms with van der Waals surface area (Å²) >= 11 is 0.851. The second kappa shape index (κ2) is 6.17. The van der Waals surface area contributed by atoms with Gasteiger partial charge >= 0.3 is 5.97 Å². The minimum atomic E-state index is -1.22. The van der Waals surface area contributed by atoms with Gasteiger partial charge in [0.2, 0.25) is 0 Å². The van der Waals surface area contributed by atoms with Crippen LogP contribution in [0.3, 0.4) is 0 Å². The summed E-state index contributed by atoms with van der Waals surface area (Å²) in [5.74, 6) is -2.30. The number of carboxylic acid groups (broad SMARTS) is 1. The van der Waals surface area contributed by atoms with Crippen molar-refractivity contribution in [3.05, 3.63) is 47.5 Å². The molecule has 2 rings (SSSR count). The van der Waals surface area contributed by atoms with Crippen molar-refractivity contribution in [2.24, 2.45) is 0 Å². The smallest absolute Gasteiger partial charge is 0.355 e. The third-order valence-corrected chi connectivity index (χ3v) is 3.68. The van der Waals surface area contributed by atoms with Crippen molar-refractivity contribution >= 4 is 17.7 Å². The Morgan fingerprint density at radius 3 is 2.57 bits per heavy atom. The molecule has 0 fully saturated rings. The van der Waals surface area contributed by atoms with E-state index >= 15 is 0 Å². The summed E-state index contributed by atoms with van der Waals surface area (Å²) in [6.45, 7) is 3.68. The largest absolute Gasteiger partial charge is 0.476 e. The average Bonchev–Trinajstić information content (AvgIpc) is 2.41. The Bertz CT molecular complexity index is 693. The van der Waals surface area contributed by atoms with E-state index in [4.69, 9.17) is 0 Å². The molecule has 1 N–H and O–H groups in total. The molecule has 110 valence electrons. The number of aromatic carboxylic acids is 1. The topological polar surface area (TPSA) is 63.1 Å². The normalized spacial score (nSPS) is 10.9. The van der Waals surface area contributed by atoms with E-state index in [-0.39, 0.29) is 21.4 Å². The van der Waals surface area contributed by atoms with Gasteiger partial charge in [-0.15, -0.1) is 0 Å². The Balaban J connectivity index is 2.41. The Morgan fingerprint density at radius 1 is 1.29 bits per heavy atom. The lowest BCUT2D eigenvalue weighted by atomic mass is 10.2. The van der Waals surface area contributed by atoms with Crippen LogP contribution in [-0.4, -0.2) is 21.0 Å². The summed E-state index contributed by atoms with van der Waals surface area (Å²) < 4.78 is 26.5. The summed E-state index contributed by atoms with van der Waals surface area (Å²) in [5, 5.41) is 9.21. The number of halogens is 2. The van der Waals surface area contributed by atoms with Crippen LogP contribution in [0.25, 0.3) is 0 Å². The highest BCUT2D eigenvalue weighted by atomic mass is 32.2. The van der Waals surface area contributed by atoms with Gasteiger partial charge in [0.25, 0.3) is 0 Å². The quantitative estimate of drug-likeness (QED) is 0.932. The van der Waals surface area contributed by atoms with E-state index in [0.29, 0.717) is 5.82 Å². The Hall–Kier alpha value is -2.02. The number of nitrogens with zero attached hydrogens (tertiary/aromatic N) is 2. The highest BCUT2D eigenvalue weighted by molar-refractivity contribution is 7.99. The number of hydrogen-bond acceptors (Lipinski definition) is 4. The van der Waals surface area contributed by atoms with E-state index in [1.807, 2.05) is 13.8 Å². The first kappa shape index (κ1) is 15.4. The zero-order chi connectivity index (χ0) is 15.6. The van der Waals surface area contributed by atoms with Crippen molar-refractivity contribution in [3.63, 3.8) is 0 Å². The monoisotopic (exact) mass is 310 g/mol. The van der Waals surface area contributed by atoms with E-state index < -0.39 is 17.6 Å². The minimum Gasteiger partial charge on any atom is -0.476 e. The molecule has 1 aromatic carbocycles. The van der Waals surface area contributed by atoms with Crippen LogP contribution in [0.1, 0.15) is 36.1 Å². The van der Waals surface area contributed by atoms with Gasteiger partial charge in [-0.3, -0.25) is 0 Å². The predicted molar refractivity (Wildman–Crippen MR) is 73.6 cm³/mol. The van der Waals surface area contributed by atoms with Crippen LogP contribution in [0.15, 0.2) is 34.2 Å². The number of hydrogen-bond donors (Lipinski definition) is 1. The molecule has 1 heterocycles. The molecule has 0 aliphatic rings. The molecule has 2 aromatic rings. The van der Waals surface area contributed by atoms with Crippen molar-refractivity contribution in [1.82, 2.24) is 9.97 Å². The predicted octanol–water partition coefficient (Wildman–Crippen LogP) is 3.73. The first-order valence-electron chi connectivity index (χ1n) is 6.11. The molecule has 0 saturated heterocycles. The van der Waals surface area contributed by atoms with Crippen molar-refractivity contribution in [2.45, 2.75) is 29.6 Å². The summed E-state index contributed by atoms with van der Waals surface area (Å²) in [6, 6.07) is 3.10. The van der Waals surface area contributed by atoms with Crippen molar-refractivity contribution in [2.75, 3.05) is 0 Å². The van der Waals surface area contributed by atoms with Crippen LogP contribution >= 0.6 is 11.8 Å². The van der Waals surface area contributed by atoms with E-state index in [0.717, 1.165) is 23.9 Å². The number of carboxylic acids is 1. The maximum atomic E-state index is 13.6. The van der Waals surface area contributed by atoms with E-state index in [2.05, 4.69) is 9.97 Å². The van der Waals surface area contributed by atoms with Crippen LogP contribution in [0.4, 0.5) is 8.78 Å². The number of rotatable bonds is 4. The van der Waals surface area contributed by atoms with E-state index in [1.54, 1.807) is 0 Å². The molecule has 0 atom stereocenters. The number of carbonyl (C=O) groups is 1. The third-order valence-electron chi connectivity index (χ3n) is 2.61. The Labute approximate surface area is 124 Å². The summed E-state index contributed by atoms with van der Waals surface area (Å²) in [7, 11) is 0. The van der Waals surface area contributed by atoms with Crippen LogP contribution in [0, 0.1) is 11.6 Å². The zero-order valence-electron chi connectivity index (χ0n) is 11.3. The van der Waals surface area contributed by atoms with Crippen LogP contribution in [-0.2, 0) is 0 Å². The molecule has 0 bridgehead atoms. The second-order valence-corrected chi connectivity index (χ2v) is 5.66. The first-order chi connectivity index (χ1) is 9.88. The molecule has 0 aliphatic carbocycles. The average molecular weight is 310 g/mol. The lowest BCUT2D eigenvalue weighted by Crippen LogP contribution is -2.08. The number of benzene rings is 1. The van der Waals surface area contributed by atoms with Gasteiger partial charge in [0.15, 0.2) is 5.69 Å². The van der Waals surface area contributed by atoms with Crippen molar-refractivity contribution in [1.29, 1.82) is 0 Å². The molecule has 0 aliphatic heterocycles. The van der Waals surface area contributed by atoms with Gasteiger partial charge < -0.3 is 5.11 Å². The van der Waals surface area contributed by atoms with E-state index in [1.165, 1.54) is 12.3 Å². The molecule has 0 unspecified atom stereocenters. The van der Waals surface area contributed by atoms with Gasteiger partial charge in [-0.1, -0.05) is 25.6 Å². The van der Waals surface area contributed by atoms with Gasteiger partial charge in [0.1, 0.15) is 17.5 Å². The molecule has 0 saturated carbocycles. The third kappa shape index (κ3) is 3.55. The SMILES string of the molecule is CC(C)c1ncc(Sc2ccc(F)cc2F)c(C(=O)O)n1. The lowest BCUT2D eigenvalue weighted by Gasteiger charge is -2.09. The molecule has 21 heavy (non-hydrogen) atoms. The van der Waals surface area contributed by atoms with Gasteiger partial charge in [-0.25, -0.2) is 23.5 Å². The maximum Gasteiger partial charge on any atom is 0.355 e. The molecule has 0 spiro atoms. The second-order valence-electron chi connectivity index (χ2n) is 4.58. The fourth-order valence-corrected chi connectivity index (χ4v) is 2.43. The maximum absolute atomic E-state index is 13.6. The summed E-state index contributed by atoms with van der Waals surface area (Å²) in [4.78, 5) is 19.6. The fourth-order valence-electron chi connectivity index (χ4n) is 1.57. The highest BCUT2D eigenvalue weighted by Gasteiger charge is 2.18. The lowest BCUT2D eigenvalue weighted by molar-refractivity contribution is 0.0685. The van der Waals surface area contributed by atoms with Crippen LogP contribution in [0.2, 0.25) is 0 Å². The molecule has 4 nitrogen and oxygen atoms in total. The van der Waals surface area contributed by atoms with E-state index in [9.17, 15) is 18.7 Å². The van der Waals surface area contributed by atoms with Crippen molar-refractivity contribution in [3.8, 4) is 0 Å².